The van der Waals surface area contributed by atoms with Gasteiger partial charge in [-0.25, -0.2) is 14.0 Å². The molecule has 1 amide bonds. The van der Waals surface area contributed by atoms with E-state index in [1.54, 1.807) is 23.1 Å². The summed E-state index contributed by atoms with van der Waals surface area (Å²) >= 11 is 0. The summed E-state index contributed by atoms with van der Waals surface area (Å²) < 4.78 is 8.36. The topological polar surface area (TPSA) is 125 Å². The Bertz CT molecular complexity index is 959. The third kappa shape index (κ3) is 2.85. The molecule has 9 heteroatoms. The first kappa shape index (κ1) is 16.7. The quantitative estimate of drug-likeness (QED) is 0.699. The lowest BCUT2D eigenvalue weighted by Crippen LogP contribution is -2.15. The summed E-state index contributed by atoms with van der Waals surface area (Å²) in [6, 6.07) is 3.01. The zero-order chi connectivity index (χ0) is 18.1. The van der Waals surface area contributed by atoms with Crippen molar-refractivity contribution in [1.29, 1.82) is 0 Å². The van der Waals surface area contributed by atoms with Crippen LogP contribution in [0.5, 0.6) is 0 Å². The van der Waals surface area contributed by atoms with Crippen molar-refractivity contribution in [1.82, 2.24) is 19.4 Å². The zero-order valence-electron chi connectivity index (χ0n) is 13.7. The van der Waals surface area contributed by atoms with Gasteiger partial charge in [-0.3, -0.25) is 4.79 Å². The molecule has 0 saturated heterocycles. The number of carbonyl (C=O) groups is 2. The van der Waals surface area contributed by atoms with E-state index in [0.717, 1.165) is 0 Å². The fraction of sp³-hybridized carbons (Fsp3) is 0.250. The van der Waals surface area contributed by atoms with E-state index >= 15 is 0 Å². The number of carboxylic acids is 1. The van der Waals surface area contributed by atoms with E-state index in [2.05, 4.69) is 10.2 Å². The molecule has 3 N–H and O–H groups in total. The van der Waals surface area contributed by atoms with Crippen LogP contribution in [-0.2, 0) is 4.74 Å². The van der Waals surface area contributed by atoms with Crippen molar-refractivity contribution >= 4 is 17.4 Å². The monoisotopic (exact) mass is 343 g/mol. The summed E-state index contributed by atoms with van der Waals surface area (Å²) in [7, 11) is 0. The highest BCUT2D eigenvalue weighted by Gasteiger charge is 2.20. The Morgan fingerprint density at radius 2 is 2.08 bits per heavy atom. The molecule has 0 radical (unpaired) electrons. The van der Waals surface area contributed by atoms with Crippen molar-refractivity contribution in [2.75, 3.05) is 6.61 Å². The summed E-state index contributed by atoms with van der Waals surface area (Å²) in [5.74, 6) is -1.78. The molecule has 0 aromatic carbocycles. The molecule has 25 heavy (non-hydrogen) atoms. The minimum absolute atomic E-state index is 0.0117. The highest BCUT2D eigenvalue weighted by molar-refractivity contribution is 6.04. The number of primary amides is 1. The summed E-state index contributed by atoms with van der Waals surface area (Å²) in [5, 5.41) is 17.5. The van der Waals surface area contributed by atoms with Gasteiger partial charge < -0.3 is 15.6 Å². The normalized spacial score (nSPS) is 12.4. The molecule has 1 atom stereocenters. The van der Waals surface area contributed by atoms with Gasteiger partial charge in [0.15, 0.2) is 5.69 Å². The van der Waals surface area contributed by atoms with Gasteiger partial charge in [0.1, 0.15) is 6.23 Å². The molecule has 3 heterocycles. The van der Waals surface area contributed by atoms with Crippen LogP contribution in [0.4, 0.5) is 0 Å². The molecule has 0 bridgehead atoms. The van der Waals surface area contributed by atoms with Gasteiger partial charge in [-0.05, 0) is 26.0 Å². The van der Waals surface area contributed by atoms with Gasteiger partial charge in [0, 0.05) is 23.9 Å². The second-order valence-electron chi connectivity index (χ2n) is 5.38. The van der Waals surface area contributed by atoms with Gasteiger partial charge in [-0.1, -0.05) is 0 Å². The molecule has 0 aliphatic carbocycles. The summed E-state index contributed by atoms with van der Waals surface area (Å²) in [5.41, 5.74) is 7.19. The van der Waals surface area contributed by atoms with E-state index in [4.69, 9.17) is 10.5 Å². The fourth-order valence-electron chi connectivity index (χ4n) is 2.70. The van der Waals surface area contributed by atoms with E-state index in [0.29, 0.717) is 23.3 Å². The molecule has 0 spiro atoms. The van der Waals surface area contributed by atoms with Crippen LogP contribution in [-0.4, -0.2) is 43.0 Å². The largest absolute Gasteiger partial charge is 0.477 e. The SMILES string of the molecule is CCOC(C)n1cc(-c2c(C(N)=O)cnn3c(C(=O)O)ccc23)cn1. The lowest BCUT2D eigenvalue weighted by Gasteiger charge is -2.11. The molecule has 3 aromatic heterocycles. The van der Waals surface area contributed by atoms with Crippen molar-refractivity contribution in [3.05, 3.63) is 42.0 Å². The number of rotatable bonds is 6. The van der Waals surface area contributed by atoms with Crippen molar-refractivity contribution < 1.29 is 19.4 Å². The summed E-state index contributed by atoms with van der Waals surface area (Å²) in [6.07, 6.45) is 4.27. The first-order valence-electron chi connectivity index (χ1n) is 7.64. The number of carbonyl (C=O) groups excluding carboxylic acids is 1. The number of aromatic carboxylic acids is 1. The molecule has 3 aromatic rings. The van der Waals surface area contributed by atoms with Crippen LogP contribution in [0.1, 0.15) is 40.9 Å². The van der Waals surface area contributed by atoms with E-state index in [9.17, 15) is 14.7 Å². The highest BCUT2D eigenvalue weighted by atomic mass is 16.5. The number of ether oxygens (including phenoxy) is 1. The third-order valence-electron chi connectivity index (χ3n) is 3.84. The van der Waals surface area contributed by atoms with Crippen LogP contribution in [0.25, 0.3) is 16.6 Å². The highest BCUT2D eigenvalue weighted by Crippen LogP contribution is 2.29. The summed E-state index contributed by atoms with van der Waals surface area (Å²) in [6.45, 7) is 4.26. The Morgan fingerprint density at radius 1 is 1.32 bits per heavy atom. The van der Waals surface area contributed by atoms with Gasteiger partial charge in [0.2, 0.25) is 0 Å². The van der Waals surface area contributed by atoms with Gasteiger partial charge >= 0.3 is 5.97 Å². The smallest absolute Gasteiger partial charge is 0.354 e. The fourth-order valence-corrected chi connectivity index (χ4v) is 2.70. The van der Waals surface area contributed by atoms with Crippen LogP contribution in [0, 0.1) is 0 Å². The predicted molar refractivity (Wildman–Crippen MR) is 88.2 cm³/mol. The number of carboxylic acid groups (broad SMARTS) is 1. The van der Waals surface area contributed by atoms with Crippen molar-refractivity contribution in [3.8, 4) is 11.1 Å². The maximum Gasteiger partial charge on any atom is 0.354 e. The molecule has 0 aliphatic rings. The molecule has 0 saturated carbocycles. The Kier molecular flexibility index (Phi) is 4.24. The van der Waals surface area contributed by atoms with E-state index < -0.39 is 11.9 Å². The number of fused-ring (bicyclic) bond motifs is 1. The van der Waals surface area contributed by atoms with Crippen LogP contribution in [0.3, 0.4) is 0 Å². The van der Waals surface area contributed by atoms with Crippen molar-refractivity contribution in [2.45, 2.75) is 20.1 Å². The first-order chi connectivity index (χ1) is 11.9. The molecule has 3 rings (SSSR count). The number of nitrogens with zero attached hydrogens (tertiary/aromatic N) is 4. The molecular weight excluding hydrogens is 326 g/mol. The summed E-state index contributed by atoms with van der Waals surface area (Å²) in [4.78, 5) is 23.1. The molecule has 0 fully saturated rings. The lowest BCUT2D eigenvalue weighted by atomic mass is 10.0. The average Bonchev–Trinajstić information content (AvgIpc) is 3.21. The molecule has 1 unspecified atom stereocenters. The molecule has 9 nitrogen and oxygen atoms in total. The Hall–Kier alpha value is -3.20. The second-order valence-corrected chi connectivity index (χ2v) is 5.38. The van der Waals surface area contributed by atoms with Gasteiger partial charge in [-0.15, -0.1) is 0 Å². The second kappa shape index (κ2) is 6.36. The number of aromatic nitrogens is 4. The maximum absolute atomic E-state index is 11.8. The van der Waals surface area contributed by atoms with E-state index in [1.807, 2.05) is 13.8 Å². The van der Waals surface area contributed by atoms with Crippen LogP contribution in [0.15, 0.2) is 30.7 Å². The Balaban J connectivity index is 2.21. The molecule has 130 valence electrons. The predicted octanol–water partition coefficient (Wildman–Crippen LogP) is 1.55. The number of nitrogens with two attached hydrogens (primary N) is 1. The number of amides is 1. The van der Waals surface area contributed by atoms with Gasteiger partial charge in [0.25, 0.3) is 5.91 Å². The lowest BCUT2D eigenvalue weighted by molar-refractivity contribution is 0.0160. The average molecular weight is 343 g/mol. The zero-order valence-corrected chi connectivity index (χ0v) is 13.7. The minimum Gasteiger partial charge on any atom is -0.477 e. The minimum atomic E-state index is -1.12. The van der Waals surface area contributed by atoms with Crippen LogP contribution in [0.2, 0.25) is 0 Å². The Labute approximate surface area is 142 Å². The van der Waals surface area contributed by atoms with Crippen molar-refractivity contribution in [2.24, 2.45) is 5.73 Å². The number of hydrogen-bond acceptors (Lipinski definition) is 5. The third-order valence-corrected chi connectivity index (χ3v) is 3.84. The standard InChI is InChI=1S/C16H17N5O4/c1-3-25-9(2)20-8-10(6-18-20)14-11(15(17)22)7-19-21-12(14)4-5-13(21)16(23)24/h4-9H,3H2,1-2H3,(H2,17,22)(H,23,24). The first-order valence-corrected chi connectivity index (χ1v) is 7.64. The van der Waals surface area contributed by atoms with Gasteiger partial charge in [0.05, 0.1) is 23.5 Å². The Morgan fingerprint density at radius 3 is 2.72 bits per heavy atom. The van der Waals surface area contributed by atoms with Crippen LogP contribution >= 0.6 is 0 Å². The van der Waals surface area contributed by atoms with Crippen LogP contribution < -0.4 is 5.73 Å². The maximum atomic E-state index is 11.8. The number of hydrogen-bond donors (Lipinski definition) is 2. The van der Waals surface area contributed by atoms with Gasteiger partial charge in [-0.2, -0.15) is 10.2 Å². The molecular formula is C16H17N5O4. The van der Waals surface area contributed by atoms with E-state index in [-0.39, 0.29) is 17.5 Å². The van der Waals surface area contributed by atoms with E-state index in [1.165, 1.54) is 16.8 Å². The van der Waals surface area contributed by atoms with Crippen molar-refractivity contribution in [3.63, 3.8) is 0 Å². The molecule has 0 aliphatic heterocycles.